The first-order chi connectivity index (χ1) is 13.7. The summed E-state index contributed by atoms with van der Waals surface area (Å²) < 4.78 is 5.18. The van der Waals surface area contributed by atoms with Crippen molar-refractivity contribution in [3.63, 3.8) is 0 Å². The zero-order valence-electron chi connectivity index (χ0n) is 15.9. The Balaban J connectivity index is 1.73. The van der Waals surface area contributed by atoms with E-state index in [4.69, 9.17) is 15.3 Å². The summed E-state index contributed by atoms with van der Waals surface area (Å²) in [6.07, 6.45) is 5.92. The van der Waals surface area contributed by atoms with Gasteiger partial charge in [-0.1, -0.05) is 30.7 Å². The van der Waals surface area contributed by atoms with Crippen LogP contribution in [0.1, 0.15) is 46.5 Å². The van der Waals surface area contributed by atoms with Crippen LogP contribution in [0.3, 0.4) is 0 Å². The second kappa shape index (κ2) is 8.05. The number of H-pyrrole nitrogens is 1. The lowest BCUT2D eigenvalue weighted by Gasteiger charge is -2.26. The van der Waals surface area contributed by atoms with Crippen LogP contribution < -0.4 is 16.4 Å². The number of allylic oxidation sites excluding steroid dienone is 2. The van der Waals surface area contributed by atoms with E-state index in [0.717, 1.165) is 5.57 Å². The van der Waals surface area contributed by atoms with Gasteiger partial charge in [0.05, 0.1) is 12.5 Å². The Bertz CT molecular complexity index is 1020. The van der Waals surface area contributed by atoms with Crippen LogP contribution in [0.25, 0.3) is 0 Å². The number of primary amides is 1. The fourth-order valence-electron chi connectivity index (χ4n) is 3.07. The number of urea groups is 1. The Morgan fingerprint density at radius 3 is 2.72 bits per heavy atom. The third kappa shape index (κ3) is 4.54. The minimum atomic E-state index is -1.19. The topological polar surface area (TPSA) is 163 Å². The Hall–Kier alpha value is -3.82. The quantitative estimate of drug-likeness (QED) is 0.499. The number of nitrogens with two attached hydrogens (primary N) is 1. The molecule has 0 radical (unpaired) electrons. The molecule has 2 unspecified atom stereocenters. The van der Waals surface area contributed by atoms with E-state index in [1.807, 2.05) is 32.1 Å². The number of nitrogens with one attached hydrogen (secondary N) is 3. The summed E-state index contributed by atoms with van der Waals surface area (Å²) in [6, 6.07) is 2.09. The van der Waals surface area contributed by atoms with Crippen LogP contribution in [0.4, 0.5) is 10.6 Å². The van der Waals surface area contributed by atoms with Gasteiger partial charge in [-0.05, 0) is 25.0 Å². The van der Waals surface area contributed by atoms with Crippen molar-refractivity contribution in [3.05, 3.63) is 59.0 Å². The number of imidazole rings is 1. The van der Waals surface area contributed by atoms with Gasteiger partial charge in [-0.2, -0.15) is 0 Å². The summed E-state index contributed by atoms with van der Waals surface area (Å²) >= 11 is 0. The van der Waals surface area contributed by atoms with E-state index in [1.54, 1.807) is 0 Å². The molecule has 152 valence electrons. The zero-order valence-corrected chi connectivity index (χ0v) is 15.9. The minimum absolute atomic E-state index is 0.0179. The van der Waals surface area contributed by atoms with Crippen molar-refractivity contribution in [1.82, 2.24) is 15.3 Å². The molecule has 29 heavy (non-hydrogen) atoms. The third-order valence-corrected chi connectivity index (χ3v) is 4.52. The van der Waals surface area contributed by atoms with Crippen molar-refractivity contribution in [1.29, 1.82) is 0 Å². The Kier molecular flexibility index (Phi) is 5.53. The van der Waals surface area contributed by atoms with E-state index in [2.05, 4.69) is 20.6 Å². The van der Waals surface area contributed by atoms with Gasteiger partial charge in [0, 0.05) is 0 Å². The molecule has 0 fully saturated rings. The molecule has 6 N–H and O–H groups in total. The number of hydrogen-bond acceptors (Lipinski definition) is 5. The molecule has 0 aliphatic heterocycles. The molecule has 2 heterocycles. The van der Waals surface area contributed by atoms with Gasteiger partial charge in [-0.25, -0.2) is 14.6 Å². The second-order valence-electron chi connectivity index (χ2n) is 6.75. The van der Waals surface area contributed by atoms with Gasteiger partial charge in [0.15, 0.2) is 5.82 Å². The van der Waals surface area contributed by atoms with Crippen molar-refractivity contribution in [2.45, 2.75) is 26.3 Å². The van der Waals surface area contributed by atoms with Crippen molar-refractivity contribution < 1.29 is 23.9 Å². The number of furan rings is 1. The number of nitrogens with zero attached hydrogens (tertiary/aromatic N) is 1. The fourth-order valence-corrected chi connectivity index (χ4v) is 3.07. The Morgan fingerprint density at radius 2 is 2.10 bits per heavy atom. The van der Waals surface area contributed by atoms with Crippen LogP contribution in [0.5, 0.6) is 0 Å². The van der Waals surface area contributed by atoms with Crippen LogP contribution in [0, 0.1) is 5.92 Å². The lowest BCUT2D eigenvalue weighted by Crippen LogP contribution is -2.43. The number of aromatic amines is 1. The molecule has 1 aliphatic carbocycles. The molecule has 3 amide bonds. The first kappa shape index (κ1) is 19.9. The van der Waals surface area contributed by atoms with Gasteiger partial charge in [-0.15, -0.1) is 0 Å². The predicted octanol–water partition coefficient (Wildman–Crippen LogP) is 2.03. The first-order valence-corrected chi connectivity index (χ1v) is 8.87. The molecule has 0 saturated carbocycles. The first-order valence-electron chi connectivity index (χ1n) is 8.87. The van der Waals surface area contributed by atoms with E-state index in [-0.39, 0.29) is 41.5 Å². The van der Waals surface area contributed by atoms with Gasteiger partial charge in [0.25, 0.3) is 5.91 Å². The molecule has 2 aromatic heterocycles. The standard InChI is InChI=1S/C19H21N5O5/c1-9-4-3-5-10(2)14(9)23-19(28)24-17-15(16(20)25)21-13(22-17)8-11-6-7-12(29-11)18(26)27/h3-7,9,14H,8H2,1-2H3,(H2,20,25)(H,21,22)(H,26,27)(H2,23,24,28). The van der Waals surface area contributed by atoms with E-state index < -0.39 is 17.9 Å². The van der Waals surface area contributed by atoms with Crippen LogP contribution in [-0.2, 0) is 6.42 Å². The van der Waals surface area contributed by atoms with E-state index in [9.17, 15) is 14.4 Å². The number of carboxylic acids is 1. The molecule has 0 bridgehead atoms. The Morgan fingerprint density at radius 1 is 1.34 bits per heavy atom. The molecule has 1 aliphatic rings. The summed E-state index contributed by atoms with van der Waals surface area (Å²) in [5, 5.41) is 14.3. The smallest absolute Gasteiger partial charge is 0.371 e. The number of aromatic nitrogens is 2. The predicted molar refractivity (Wildman–Crippen MR) is 104 cm³/mol. The number of carbonyl (C=O) groups excluding carboxylic acids is 2. The van der Waals surface area contributed by atoms with E-state index in [0.29, 0.717) is 5.76 Å². The number of hydrogen-bond donors (Lipinski definition) is 5. The molecular weight excluding hydrogens is 378 g/mol. The number of amides is 3. The highest BCUT2D eigenvalue weighted by atomic mass is 16.4. The third-order valence-electron chi connectivity index (χ3n) is 4.52. The zero-order chi connectivity index (χ0) is 21.1. The van der Waals surface area contributed by atoms with Crippen molar-refractivity contribution in [2.24, 2.45) is 11.7 Å². The van der Waals surface area contributed by atoms with Gasteiger partial charge < -0.3 is 25.6 Å². The maximum absolute atomic E-state index is 12.4. The number of rotatable bonds is 6. The summed E-state index contributed by atoms with van der Waals surface area (Å²) in [7, 11) is 0. The van der Waals surface area contributed by atoms with Crippen LogP contribution in [0.15, 0.2) is 40.4 Å². The monoisotopic (exact) mass is 399 g/mol. The summed E-state index contributed by atoms with van der Waals surface area (Å²) in [4.78, 5) is 42.0. The molecule has 3 rings (SSSR count). The van der Waals surface area contributed by atoms with Gasteiger partial charge >= 0.3 is 12.0 Å². The van der Waals surface area contributed by atoms with E-state index in [1.165, 1.54) is 12.1 Å². The number of anilines is 1. The maximum atomic E-state index is 12.4. The molecule has 2 atom stereocenters. The molecule has 0 saturated heterocycles. The van der Waals surface area contributed by atoms with Gasteiger partial charge in [0.1, 0.15) is 17.3 Å². The largest absolute Gasteiger partial charge is 0.475 e. The molecule has 0 spiro atoms. The summed E-state index contributed by atoms with van der Waals surface area (Å²) in [5.41, 5.74) is 6.30. The molecular formula is C19H21N5O5. The van der Waals surface area contributed by atoms with E-state index >= 15 is 0 Å². The SMILES string of the molecule is CC1=CC=CC(C)C1NC(=O)Nc1nc(Cc2ccc(C(=O)O)o2)[nH]c1C(N)=O. The molecule has 0 aromatic carbocycles. The van der Waals surface area contributed by atoms with Gasteiger partial charge in [0.2, 0.25) is 5.76 Å². The normalized spacial score (nSPS) is 18.2. The average Bonchev–Trinajstić information content (AvgIpc) is 3.26. The van der Waals surface area contributed by atoms with Crippen molar-refractivity contribution >= 4 is 23.7 Å². The molecule has 2 aromatic rings. The summed E-state index contributed by atoms with van der Waals surface area (Å²) in [6.45, 7) is 3.90. The second-order valence-corrected chi connectivity index (χ2v) is 6.75. The van der Waals surface area contributed by atoms with Crippen molar-refractivity contribution in [2.75, 3.05) is 5.32 Å². The maximum Gasteiger partial charge on any atom is 0.371 e. The van der Waals surface area contributed by atoms with Crippen LogP contribution >= 0.6 is 0 Å². The number of carbonyl (C=O) groups is 3. The number of aromatic carboxylic acids is 1. The van der Waals surface area contributed by atoms with Crippen LogP contribution in [0.2, 0.25) is 0 Å². The molecule has 10 heteroatoms. The minimum Gasteiger partial charge on any atom is -0.475 e. The van der Waals surface area contributed by atoms with Crippen molar-refractivity contribution in [3.8, 4) is 0 Å². The average molecular weight is 399 g/mol. The van der Waals surface area contributed by atoms with Gasteiger partial charge in [-0.3, -0.25) is 10.1 Å². The summed E-state index contributed by atoms with van der Waals surface area (Å²) in [5.74, 6) is -1.50. The van der Waals surface area contributed by atoms with Crippen LogP contribution in [-0.4, -0.2) is 39.0 Å². The number of carboxylic acid groups (broad SMARTS) is 1. The lowest BCUT2D eigenvalue weighted by atomic mass is 9.91. The fraction of sp³-hybridized carbons (Fsp3) is 0.263. The highest BCUT2D eigenvalue weighted by Gasteiger charge is 2.23. The highest BCUT2D eigenvalue weighted by molar-refractivity contribution is 6.00. The highest BCUT2D eigenvalue weighted by Crippen LogP contribution is 2.20. The molecule has 10 nitrogen and oxygen atoms in total. The Labute approximate surface area is 165 Å². The lowest BCUT2D eigenvalue weighted by molar-refractivity contribution is 0.0660.